The molecule has 1 aromatic rings. The molecule has 0 spiro atoms. The zero-order chi connectivity index (χ0) is 20.0. The van der Waals surface area contributed by atoms with Gasteiger partial charge >= 0.3 is 5.97 Å². The molecule has 0 amide bonds. The molecule has 27 heavy (non-hydrogen) atoms. The van der Waals surface area contributed by atoms with E-state index in [0.717, 1.165) is 16.7 Å². The SMILES string of the molecule is COCc1cc(C(=O)OC2C=CC(C(S)SC(C)(C)N)=CC2)ccc1CO. The number of aliphatic hydroxyl groups is 1. The van der Waals surface area contributed by atoms with Crippen LogP contribution in [0.15, 0.2) is 42.0 Å². The van der Waals surface area contributed by atoms with Gasteiger partial charge in [-0.3, -0.25) is 0 Å². The van der Waals surface area contributed by atoms with E-state index in [9.17, 15) is 9.90 Å². The fourth-order valence-electron chi connectivity index (χ4n) is 2.65. The summed E-state index contributed by atoms with van der Waals surface area (Å²) in [6.07, 6.45) is 6.11. The molecule has 1 aliphatic rings. The van der Waals surface area contributed by atoms with Crippen molar-refractivity contribution >= 4 is 30.4 Å². The Kier molecular flexibility index (Phi) is 8.00. The maximum atomic E-state index is 12.5. The van der Waals surface area contributed by atoms with Crippen molar-refractivity contribution in [2.75, 3.05) is 7.11 Å². The third-order valence-electron chi connectivity index (χ3n) is 3.96. The molecule has 0 radical (unpaired) electrons. The standard InChI is InChI=1S/C20H27NO4S2/c1-20(2,21)27-19(26)13-6-8-17(9-7-13)25-18(23)14-4-5-15(11-22)16(10-14)12-24-3/h4-8,10,17,19,22,26H,9,11-12,21H2,1-3H3. The van der Waals surface area contributed by atoms with Gasteiger partial charge < -0.3 is 20.3 Å². The van der Waals surface area contributed by atoms with Gasteiger partial charge in [0.15, 0.2) is 0 Å². The highest BCUT2D eigenvalue weighted by Crippen LogP contribution is 2.33. The Morgan fingerprint density at radius 3 is 2.74 bits per heavy atom. The van der Waals surface area contributed by atoms with Gasteiger partial charge in [0, 0.05) is 13.5 Å². The highest BCUT2D eigenvalue weighted by molar-refractivity contribution is 8.11. The molecule has 0 saturated carbocycles. The van der Waals surface area contributed by atoms with E-state index >= 15 is 0 Å². The van der Waals surface area contributed by atoms with Crippen LogP contribution in [-0.2, 0) is 22.7 Å². The maximum absolute atomic E-state index is 12.5. The Hall–Kier alpha value is -1.25. The zero-order valence-corrected chi connectivity index (χ0v) is 17.6. The lowest BCUT2D eigenvalue weighted by Crippen LogP contribution is -2.29. The predicted octanol–water partition coefficient (Wildman–Crippen LogP) is 3.42. The number of hydrogen-bond donors (Lipinski definition) is 3. The molecule has 5 nitrogen and oxygen atoms in total. The molecule has 0 aromatic heterocycles. The highest BCUT2D eigenvalue weighted by atomic mass is 32.2. The third-order valence-corrected chi connectivity index (χ3v) is 5.68. The predicted molar refractivity (Wildman–Crippen MR) is 113 cm³/mol. The first-order valence-electron chi connectivity index (χ1n) is 8.69. The average Bonchev–Trinajstić information content (AvgIpc) is 2.61. The Balaban J connectivity index is 1.98. The average molecular weight is 410 g/mol. The number of carbonyl (C=O) groups is 1. The molecule has 2 atom stereocenters. The van der Waals surface area contributed by atoms with Crippen molar-refractivity contribution in [3.05, 3.63) is 58.7 Å². The number of hydrogen-bond acceptors (Lipinski definition) is 7. The molecule has 0 heterocycles. The monoisotopic (exact) mass is 409 g/mol. The summed E-state index contributed by atoms with van der Waals surface area (Å²) in [4.78, 5) is 12.1. The van der Waals surface area contributed by atoms with Crippen molar-refractivity contribution in [2.45, 2.75) is 49.0 Å². The van der Waals surface area contributed by atoms with E-state index in [0.29, 0.717) is 18.6 Å². The van der Waals surface area contributed by atoms with Crippen LogP contribution < -0.4 is 5.73 Å². The normalized spacial score (nSPS) is 18.1. The Labute approximate surface area is 170 Å². The summed E-state index contributed by atoms with van der Waals surface area (Å²) < 4.78 is 10.7. The molecule has 3 N–H and O–H groups in total. The number of allylic oxidation sites excluding steroid dienone is 1. The third kappa shape index (κ3) is 6.69. The van der Waals surface area contributed by atoms with Crippen molar-refractivity contribution < 1.29 is 19.4 Å². The summed E-state index contributed by atoms with van der Waals surface area (Å²) in [6.45, 7) is 4.11. The number of aliphatic hydroxyl groups excluding tert-OH is 1. The molecule has 7 heteroatoms. The number of thiol groups is 1. The van der Waals surface area contributed by atoms with Crippen LogP contribution in [-0.4, -0.2) is 33.7 Å². The quantitative estimate of drug-likeness (QED) is 0.347. The molecule has 1 aromatic carbocycles. The van der Waals surface area contributed by atoms with Gasteiger partial charge in [-0.05, 0) is 48.8 Å². The minimum absolute atomic E-state index is 0.0273. The molecule has 0 saturated heterocycles. The lowest BCUT2D eigenvalue weighted by atomic mass is 10.0. The van der Waals surface area contributed by atoms with Crippen LogP contribution in [0.3, 0.4) is 0 Å². The lowest BCUT2D eigenvalue weighted by Gasteiger charge is -2.25. The maximum Gasteiger partial charge on any atom is 0.338 e. The molecule has 1 aliphatic carbocycles. The first-order chi connectivity index (χ1) is 12.7. The van der Waals surface area contributed by atoms with Crippen LogP contribution in [0.25, 0.3) is 0 Å². The van der Waals surface area contributed by atoms with Crippen molar-refractivity contribution in [3.63, 3.8) is 0 Å². The summed E-state index contributed by atoms with van der Waals surface area (Å²) in [7, 11) is 1.57. The molecule has 0 fully saturated rings. The van der Waals surface area contributed by atoms with Crippen molar-refractivity contribution in [1.29, 1.82) is 0 Å². The van der Waals surface area contributed by atoms with Crippen LogP contribution in [0.4, 0.5) is 0 Å². The smallest absolute Gasteiger partial charge is 0.338 e. The second-order valence-corrected chi connectivity index (χ2v) is 9.52. The number of nitrogens with two attached hydrogens (primary N) is 1. The van der Waals surface area contributed by atoms with Crippen molar-refractivity contribution in [2.24, 2.45) is 5.73 Å². The Bertz CT molecular complexity index is 725. The van der Waals surface area contributed by atoms with Gasteiger partial charge in [0.1, 0.15) is 6.10 Å². The Morgan fingerprint density at radius 1 is 1.44 bits per heavy atom. The summed E-state index contributed by atoms with van der Waals surface area (Å²) >= 11 is 6.16. The Morgan fingerprint density at radius 2 is 2.19 bits per heavy atom. The van der Waals surface area contributed by atoms with Crippen molar-refractivity contribution in [1.82, 2.24) is 0 Å². The minimum atomic E-state index is -0.400. The fraction of sp³-hybridized carbons (Fsp3) is 0.450. The second kappa shape index (κ2) is 9.80. The number of benzene rings is 1. The van der Waals surface area contributed by atoms with Crippen LogP contribution in [0.2, 0.25) is 0 Å². The summed E-state index contributed by atoms with van der Waals surface area (Å²) in [6, 6.07) is 5.08. The van der Waals surface area contributed by atoms with Crippen molar-refractivity contribution in [3.8, 4) is 0 Å². The van der Waals surface area contributed by atoms with E-state index in [1.165, 1.54) is 0 Å². The zero-order valence-electron chi connectivity index (χ0n) is 15.8. The first-order valence-corrected chi connectivity index (χ1v) is 10.1. The van der Waals surface area contributed by atoms with E-state index in [2.05, 4.69) is 12.6 Å². The van der Waals surface area contributed by atoms with Crippen LogP contribution >= 0.6 is 24.4 Å². The topological polar surface area (TPSA) is 81.8 Å². The summed E-state index contributed by atoms with van der Waals surface area (Å²) in [5.41, 5.74) is 9.03. The highest BCUT2D eigenvalue weighted by Gasteiger charge is 2.22. The largest absolute Gasteiger partial charge is 0.454 e. The van der Waals surface area contributed by atoms with Gasteiger partial charge in [0.2, 0.25) is 0 Å². The number of thioether (sulfide) groups is 1. The molecular weight excluding hydrogens is 382 g/mol. The number of esters is 1. The molecule has 2 unspecified atom stereocenters. The lowest BCUT2D eigenvalue weighted by molar-refractivity contribution is 0.0397. The van der Waals surface area contributed by atoms with Gasteiger partial charge in [-0.1, -0.05) is 18.2 Å². The molecular formula is C20H27NO4S2. The van der Waals surface area contributed by atoms with Crippen LogP contribution in [0.5, 0.6) is 0 Å². The van der Waals surface area contributed by atoms with E-state index in [4.69, 9.17) is 15.2 Å². The number of rotatable bonds is 8. The van der Waals surface area contributed by atoms with Crippen LogP contribution in [0.1, 0.15) is 41.8 Å². The van der Waals surface area contributed by atoms with E-state index in [-0.39, 0.29) is 22.2 Å². The van der Waals surface area contributed by atoms with Gasteiger partial charge in [0.25, 0.3) is 0 Å². The molecule has 2 rings (SSSR count). The molecule has 0 bridgehead atoms. The summed E-state index contributed by atoms with van der Waals surface area (Å²) in [5.74, 6) is -0.400. The first kappa shape index (κ1) is 22.0. The van der Waals surface area contributed by atoms with E-state index in [1.54, 1.807) is 37.1 Å². The number of ether oxygens (including phenoxy) is 2. The second-order valence-electron chi connectivity index (χ2n) is 6.89. The molecule has 148 valence electrons. The summed E-state index contributed by atoms with van der Waals surface area (Å²) in [5, 5.41) is 9.37. The van der Waals surface area contributed by atoms with E-state index in [1.807, 2.05) is 32.1 Å². The van der Waals surface area contributed by atoms with Gasteiger partial charge in [-0.15, -0.1) is 11.8 Å². The van der Waals surface area contributed by atoms with Gasteiger partial charge in [-0.2, -0.15) is 12.6 Å². The van der Waals surface area contributed by atoms with Crippen LogP contribution in [0, 0.1) is 0 Å². The fourth-order valence-corrected chi connectivity index (χ4v) is 4.54. The number of methoxy groups -OCH3 is 1. The number of carbonyl (C=O) groups excluding carboxylic acids is 1. The van der Waals surface area contributed by atoms with Gasteiger partial charge in [0.05, 0.1) is 28.2 Å². The van der Waals surface area contributed by atoms with Gasteiger partial charge in [-0.25, -0.2) is 4.79 Å². The van der Waals surface area contributed by atoms with E-state index < -0.39 is 5.97 Å². The molecule has 0 aliphatic heterocycles. The minimum Gasteiger partial charge on any atom is -0.454 e.